The minimum Gasteiger partial charge on any atom is -0.455 e. The molecule has 0 fully saturated rings. The van der Waals surface area contributed by atoms with Crippen LogP contribution in [0, 0.1) is 0 Å². The fraction of sp³-hybridized carbons (Fsp3) is 0. The van der Waals surface area contributed by atoms with Gasteiger partial charge in [0, 0.05) is 33.1 Å². The number of para-hydroxylation sites is 1. The molecular weight excluding hydrogens is 679 g/mol. The molecule has 56 heavy (non-hydrogen) atoms. The molecule has 262 valence electrons. The van der Waals surface area contributed by atoms with Crippen molar-refractivity contribution in [3.05, 3.63) is 212 Å². The van der Waals surface area contributed by atoms with Gasteiger partial charge in [0.25, 0.3) is 0 Å². The number of rotatable bonds is 6. The van der Waals surface area contributed by atoms with E-state index in [1.54, 1.807) is 24.3 Å². The van der Waals surface area contributed by atoms with Gasteiger partial charge in [-0.05, 0) is 109 Å². The number of furan rings is 1. The molecule has 11 aromatic rings. The minimum atomic E-state index is -0.409. The summed E-state index contributed by atoms with van der Waals surface area (Å²) in [6.07, 6.45) is 0. The van der Waals surface area contributed by atoms with Crippen molar-refractivity contribution in [1.29, 1.82) is 0 Å². The first-order valence-electron chi connectivity index (χ1n) is 22.5. The molecule has 0 saturated heterocycles. The zero-order chi connectivity index (χ0) is 44.0. The molecule has 2 nitrogen and oxygen atoms in total. The number of benzene rings is 10. The Labute approximate surface area is 336 Å². The Kier molecular flexibility index (Phi) is 5.83. The topological polar surface area (TPSA) is 16.4 Å². The van der Waals surface area contributed by atoms with Gasteiger partial charge >= 0.3 is 0 Å². The fourth-order valence-corrected chi connectivity index (χ4v) is 7.84. The summed E-state index contributed by atoms with van der Waals surface area (Å²) in [5.74, 6) is 0. The van der Waals surface area contributed by atoms with E-state index >= 15 is 0 Å². The average molecular weight is 722 g/mol. The van der Waals surface area contributed by atoms with E-state index in [2.05, 4.69) is 6.07 Å². The summed E-state index contributed by atoms with van der Waals surface area (Å²) < 4.78 is 83.4. The first kappa shape index (κ1) is 24.8. The smallest absolute Gasteiger partial charge is 0.143 e. The Hall–Kier alpha value is -7.42. The van der Waals surface area contributed by atoms with Crippen LogP contribution in [-0.4, -0.2) is 0 Å². The SMILES string of the molecule is [2H]c1c([2H])c(N(c2ccccc2-c2ccc3c(c2)oc2c4ccccc4ccc32)c2c([2H])c([2H])c(-c3cccc4ccccc34)c([2H])c2[2H])c([2H])c([2H])c1-c1ccc2ccccc2c1. The number of hydrogen-bond acceptors (Lipinski definition) is 2. The van der Waals surface area contributed by atoms with Gasteiger partial charge in [0.2, 0.25) is 0 Å². The van der Waals surface area contributed by atoms with E-state index in [4.69, 9.17) is 4.42 Å². The van der Waals surface area contributed by atoms with Crippen LogP contribution in [0.5, 0.6) is 0 Å². The molecule has 0 spiro atoms. The molecule has 1 aromatic heterocycles. The van der Waals surface area contributed by atoms with E-state index in [1.165, 1.54) is 4.90 Å². The molecular formula is C54H35NO. The highest BCUT2D eigenvalue weighted by molar-refractivity contribution is 6.15. The molecule has 0 radical (unpaired) electrons. The van der Waals surface area contributed by atoms with Crippen LogP contribution in [0.15, 0.2) is 217 Å². The van der Waals surface area contributed by atoms with E-state index < -0.39 is 24.2 Å². The number of hydrogen-bond donors (Lipinski definition) is 0. The number of fused-ring (bicyclic) bond motifs is 7. The van der Waals surface area contributed by atoms with Crippen LogP contribution in [0.3, 0.4) is 0 Å². The molecule has 0 aliphatic heterocycles. The second kappa shape index (κ2) is 13.2. The maximum absolute atomic E-state index is 9.71. The molecule has 0 bridgehead atoms. The Morgan fingerprint density at radius 1 is 0.357 bits per heavy atom. The van der Waals surface area contributed by atoms with Crippen LogP contribution < -0.4 is 4.90 Å². The summed E-state index contributed by atoms with van der Waals surface area (Å²) in [6, 6.07) is 48.6. The fourth-order valence-electron chi connectivity index (χ4n) is 7.84. The van der Waals surface area contributed by atoms with Gasteiger partial charge in [-0.3, -0.25) is 0 Å². The molecule has 1 heterocycles. The predicted octanol–water partition coefficient (Wildman–Crippen LogP) is 15.5. The molecule has 11 rings (SSSR count). The first-order valence-corrected chi connectivity index (χ1v) is 18.5. The van der Waals surface area contributed by atoms with Gasteiger partial charge < -0.3 is 9.32 Å². The predicted molar refractivity (Wildman–Crippen MR) is 237 cm³/mol. The molecule has 0 atom stereocenters. The van der Waals surface area contributed by atoms with Crippen LogP contribution in [-0.2, 0) is 0 Å². The Morgan fingerprint density at radius 2 is 0.929 bits per heavy atom. The molecule has 0 saturated carbocycles. The van der Waals surface area contributed by atoms with Crippen LogP contribution >= 0.6 is 0 Å². The summed E-state index contributed by atoms with van der Waals surface area (Å²) in [4.78, 5) is 1.38. The standard InChI is InChI=1S/C54H35NO/c1-2-13-41-34-42(21-20-36(41)10-1)37-22-28-44(29-23-37)55(45-30-24-40(25-31-45)47-18-9-14-38-11-3-5-15-46(38)47)52-19-8-7-16-48(52)43-27-32-50-51-33-26-39-12-4-6-17-49(39)54(51)56-53(50)35-43/h1-35H/i22D,23D,24D,25D,28D,29D,30D,31D. The lowest BCUT2D eigenvalue weighted by molar-refractivity contribution is 0.673. The summed E-state index contributed by atoms with van der Waals surface area (Å²) in [5, 5.41) is 7.38. The minimum absolute atomic E-state index is 0.103. The molecule has 10 aromatic carbocycles. The van der Waals surface area contributed by atoms with Gasteiger partial charge in [-0.1, -0.05) is 158 Å². The van der Waals surface area contributed by atoms with Crippen LogP contribution in [0.4, 0.5) is 17.1 Å². The molecule has 0 amide bonds. The van der Waals surface area contributed by atoms with E-state index in [0.29, 0.717) is 33.5 Å². The number of anilines is 3. The van der Waals surface area contributed by atoms with E-state index in [9.17, 15) is 11.0 Å². The van der Waals surface area contributed by atoms with Crippen LogP contribution in [0.1, 0.15) is 11.0 Å². The van der Waals surface area contributed by atoms with E-state index in [-0.39, 0.29) is 46.7 Å². The summed E-state index contributed by atoms with van der Waals surface area (Å²) in [6.45, 7) is 0. The van der Waals surface area contributed by atoms with Gasteiger partial charge in [0.05, 0.1) is 16.7 Å². The molecule has 0 unspecified atom stereocenters. The lowest BCUT2D eigenvalue weighted by Crippen LogP contribution is -2.11. The largest absolute Gasteiger partial charge is 0.455 e. The lowest BCUT2D eigenvalue weighted by atomic mass is 9.97. The Balaban J connectivity index is 1.18. The van der Waals surface area contributed by atoms with E-state index in [0.717, 1.165) is 48.7 Å². The van der Waals surface area contributed by atoms with Gasteiger partial charge in [0.15, 0.2) is 0 Å². The van der Waals surface area contributed by atoms with Crippen molar-refractivity contribution in [2.75, 3.05) is 4.90 Å². The zero-order valence-electron chi connectivity index (χ0n) is 37.9. The monoisotopic (exact) mass is 721 g/mol. The molecule has 0 aliphatic carbocycles. The van der Waals surface area contributed by atoms with Gasteiger partial charge in [-0.2, -0.15) is 0 Å². The third-order valence-electron chi connectivity index (χ3n) is 10.6. The van der Waals surface area contributed by atoms with E-state index in [1.807, 2.05) is 133 Å². The lowest BCUT2D eigenvalue weighted by Gasteiger charge is -2.28. The Bertz CT molecular complexity index is 3680. The molecule has 2 heteroatoms. The van der Waals surface area contributed by atoms with Crippen molar-refractivity contribution in [3.8, 4) is 33.4 Å². The third-order valence-corrected chi connectivity index (χ3v) is 10.6. The number of nitrogens with zero attached hydrogens (tertiary/aromatic N) is 1. The summed E-state index contributed by atoms with van der Waals surface area (Å²) >= 11 is 0. The average Bonchev–Trinajstić information content (AvgIpc) is 3.71. The second-order valence-electron chi connectivity index (χ2n) is 13.9. The molecule has 0 N–H and O–H groups in total. The normalized spacial score (nSPS) is 13.6. The second-order valence-corrected chi connectivity index (χ2v) is 13.9. The van der Waals surface area contributed by atoms with Crippen molar-refractivity contribution in [3.63, 3.8) is 0 Å². The van der Waals surface area contributed by atoms with Crippen molar-refractivity contribution in [1.82, 2.24) is 0 Å². The third kappa shape index (κ3) is 5.42. The first-order chi connectivity index (χ1) is 31.1. The highest BCUT2D eigenvalue weighted by atomic mass is 16.3. The quantitative estimate of drug-likeness (QED) is 0.170. The Morgan fingerprint density at radius 3 is 1.73 bits per heavy atom. The van der Waals surface area contributed by atoms with Crippen LogP contribution in [0.2, 0.25) is 0 Å². The molecule has 0 aliphatic rings. The van der Waals surface area contributed by atoms with Gasteiger partial charge in [-0.25, -0.2) is 0 Å². The highest BCUT2D eigenvalue weighted by Crippen LogP contribution is 2.44. The summed E-state index contributed by atoms with van der Waals surface area (Å²) in [7, 11) is 0. The van der Waals surface area contributed by atoms with Gasteiger partial charge in [-0.15, -0.1) is 0 Å². The maximum Gasteiger partial charge on any atom is 0.143 e. The van der Waals surface area contributed by atoms with Crippen molar-refractivity contribution >= 4 is 71.3 Å². The highest BCUT2D eigenvalue weighted by Gasteiger charge is 2.19. The maximum atomic E-state index is 9.71. The van der Waals surface area contributed by atoms with Gasteiger partial charge in [0.1, 0.15) is 11.2 Å². The van der Waals surface area contributed by atoms with Crippen LogP contribution in [0.25, 0.3) is 87.6 Å². The van der Waals surface area contributed by atoms with Crippen molar-refractivity contribution in [2.24, 2.45) is 0 Å². The van der Waals surface area contributed by atoms with Crippen molar-refractivity contribution < 1.29 is 15.4 Å². The summed E-state index contributed by atoms with van der Waals surface area (Å²) in [5.41, 5.74) is 3.76. The zero-order valence-corrected chi connectivity index (χ0v) is 29.9. The van der Waals surface area contributed by atoms with Crippen molar-refractivity contribution in [2.45, 2.75) is 0 Å².